The first kappa shape index (κ1) is 11.9. The number of non-ortho nitro benzene ring substituents is 1. The van der Waals surface area contributed by atoms with Crippen molar-refractivity contribution in [2.24, 2.45) is 5.92 Å². The third kappa shape index (κ3) is 2.96. The molecule has 1 aromatic carbocycles. The molecule has 2 atom stereocenters. The van der Waals surface area contributed by atoms with E-state index in [0.717, 1.165) is 11.6 Å². The summed E-state index contributed by atoms with van der Waals surface area (Å²) in [5, 5.41) is 14.1. The van der Waals surface area contributed by atoms with Crippen LogP contribution in [0.2, 0.25) is 0 Å². The fraction of sp³-hybridized carbons (Fsp3) is 0.538. The summed E-state index contributed by atoms with van der Waals surface area (Å²) in [4.78, 5) is 10.3. The molecule has 0 amide bonds. The molecule has 92 valence electrons. The average molecular weight is 234 g/mol. The van der Waals surface area contributed by atoms with E-state index in [-0.39, 0.29) is 10.6 Å². The van der Waals surface area contributed by atoms with Crippen molar-refractivity contribution in [1.29, 1.82) is 0 Å². The quantitative estimate of drug-likeness (QED) is 0.639. The molecular formula is C13H18N2O2. The maximum absolute atomic E-state index is 10.7. The number of nitro groups is 1. The highest BCUT2D eigenvalue weighted by molar-refractivity contribution is 5.51. The second-order valence-corrected chi connectivity index (χ2v) is 4.74. The number of rotatable bonds is 4. The first-order valence-electron chi connectivity index (χ1n) is 6.20. The number of nitrogens with zero attached hydrogens (tertiary/aromatic N) is 1. The molecule has 1 saturated carbocycles. The van der Waals surface area contributed by atoms with Gasteiger partial charge < -0.3 is 5.32 Å². The fourth-order valence-electron chi connectivity index (χ4n) is 2.52. The van der Waals surface area contributed by atoms with E-state index in [0.29, 0.717) is 6.04 Å². The van der Waals surface area contributed by atoms with Gasteiger partial charge in [-0.05, 0) is 31.2 Å². The molecule has 1 N–H and O–H groups in total. The van der Waals surface area contributed by atoms with Crippen LogP contribution in [0.4, 0.5) is 11.4 Å². The Balaban J connectivity index is 1.99. The lowest BCUT2D eigenvalue weighted by Crippen LogP contribution is -2.15. The number of nitro benzene ring substituents is 1. The van der Waals surface area contributed by atoms with E-state index in [1.807, 2.05) is 6.07 Å². The Morgan fingerprint density at radius 1 is 1.47 bits per heavy atom. The summed E-state index contributed by atoms with van der Waals surface area (Å²) in [5.41, 5.74) is 1.01. The summed E-state index contributed by atoms with van der Waals surface area (Å²) in [7, 11) is 0. The molecule has 0 saturated heterocycles. The number of nitrogens with one attached hydrogen (secondary N) is 1. The summed E-state index contributed by atoms with van der Waals surface area (Å²) >= 11 is 0. The van der Waals surface area contributed by atoms with Crippen molar-refractivity contribution in [2.45, 2.75) is 38.6 Å². The maximum Gasteiger partial charge on any atom is 0.271 e. The van der Waals surface area contributed by atoms with Crippen LogP contribution in [0.3, 0.4) is 0 Å². The van der Waals surface area contributed by atoms with E-state index >= 15 is 0 Å². The van der Waals surface area contributed by atoms with E-state index in [2.05, 4.69) is 12.2 Å². The van der Waals surface area contributed by atoms with Gasteiger partial charge in [-0.2, -0.15) is 0 Å². The molecule has 1 fully saturated rings. The first-order chi connectivity index (χ1) is 8.19. The van der Waals surface area contributed by atoms with Gasteiger partial charge in [0.2, 0.25) is 0 Å². The second-order valence-electron chi connectivity index (χ2n) is 4.74. The van der Waals surface area contributed by atoms with Crippen molar-refractivity contribution in [2.75, 3.05) is 5.32 Å². The third-order valence-electron chi connectivity index (χ3n) is 3.55. The number of anilines is 1. The zero-order chi connectivity index (χ0) is 12.3. The molecule has 4 nitrogen and oxygen atoms in total. The minimum Gasteiger partial charge on any atom is -0.382 e. The van der Waals surface area contributed by atoms with E-state index in [1.54, 1.807) is 12.1 Å². The Labute approximate surface area is 101 Å². The molecular weight excluding hydrogens is 216 g/mol. The zero-order valence-corrected chi connectivity index (χ0v) is 10.1. The van der Waals surface area contributed by atoms with Crippen LogP contribution in [0, 0.1) is 16.0 Å². The van der Waals surface area contributed by atoms with Crippen molar-refractivity contribution >= 4 is 11.4 Å². The third-order valence-corrected chi connectivity index (χ3v) is 3.55. The van der Waals surface area contributed by atoms with Crippen molar-refractivity contribution in [3.63, 3.8) is 0 Å². The highest BCUT2D eigenvalue weighted by atomic mass is 16.6. The Morgan fingerprint density at radius 2 is 2.29 bits per heavy atom. The number of hydrogen-bond donors (Lipinski definition) is 1. The van der Waals surface area contributed by atoms with Crippen LogP contribution in [0.1, 0.15) is 32.6 Å². The number of benzene rings is 1. The molecule has 1 aromatic rings. The largest absolute Gasteiger partial charge is 0.382 e. The van der Waals surface area contributed by atoms with Gasteiger partial charge in [0.15, 0.2) is 0 Å². The predicted octanol–water partition coefficient (Wildman–Crippen LogP) is 3.59. The smallest absolute Gasteiger partial charge is 0.271 e. The van der Waals surface area contributed by atoms with Crippen LogP contribution in [-0.4, -0.2) is 11.0 Å². The monoisotopic (exact) mass is 234 g/mol. The fourth-order valence-corrected chi connectivity index (χ4v) is 2.52. The van der Waals surface area contributed by atoms with Gasteiger partial charge in [0.1, 0.15) is 0 Å². The molecule has 2 unspecified atom stereocenters. The maximum atomic E-state index is 10.7. The Morgan fingerprint density at radius 3 is 2.94 bits per heavy atom. The van der Waals surface area contributed by atoms with Crippen LogP contribution in [-0.2, 0) is 0 Å². The van der Waals surface area contributed by atoms with Crippen molar-refractivity contribution in [3.05, 3.63) is 34.4 Å². The molecule has 0 heterocycles. The van der Waals surface area contributed by atoms with E-state index in [4.69, 9.17) is 0 Å². The summed E-state index contributed by atoms with van der Waals surface area (Å²) in [6.07, 6.45) is 4.84. The van der Waals surface area contributed by atoms with Gasteiger partial charge in [-0.15, -0.1) is 0 Å². The lowest BCUT2D eigenvalue weighted by Gasteiger charge is -2.14. The van der Waals surface area contributed by atoms with Gasteiger partial charge in [0, 0.05) is 23.9 Å². The van der Waals surface area contributed by atoms with Gasteiger partial charge >= 0.3 is 0 Å². The molecule has 0 bridgehead atoms. The molecule has 0 radical (unpaired) electrons. The SMILES string of the molecule is CCC1CCC(Nc2cccc([N+](=O)[O-])c2)C1. The minimum atomic E-state index is -0.353. The summed E-state index contributed by atoms with van der Waals surface area (Å²) in [6.45, 7) is 2.22. The summed E-state index contributed by atoms with van der Waals surface area (Å²) in [6, 6.07) is 7.23. The molecule has 4 heteroatoms. The molecule has 0 spiro atoms. The van der Waals surface area contributed by atoms with Crippen LogP contribution < -0.4 is 5.32 Å². The Kier molecular flexibility index (Phi) is 3.61. The standard InChI is InChI=1S/C13H18N2O2/c1-2-10-6-7-12(8-10)14-11-4-3-5-13(9-11)15(16)17/h3-5,9-10,12,14H,2,6-8H2,1H3. The normalized spacial score (nSPS) is 23.6. The Hall–Kier alpha value is -1.58. The average Bonchev–Trinajstić information content (AvgIpc) is 2.77. The van der Waals surface area contributed by atoms with Gasteiger partial charge in [0.25, 0.3) is 5.69 Å². The van der Waals surface area contributed by atoms with Gasteiger partial charge in [-0.1, -0.05) is 19.4 Å². The minimum absolute atomic E-state index is 0.153. The molecule has 17 heavy (non-hydrogen) atoms. The molecule has 1 aliphatic carbocycles. The molecule has 1 aliphatic rings. The van der Waals surface area contributed by atoms with Crippen LogP contribution >= 0.6 is 0 Å². The van der Waals surface area contributed by atoms with E-state index < -0.39 is 0 Å². The van der Waals surface area contributed by atoms with Crippen molar-refractivity contribution < 1.29 is 4.92 Å². The van der Waals surface area contributed by atoms with Crippen molar-refractivity contribution in [1.82, 2.24) is 0 Å². The van der Waals surface area contributed by atoms with Crippen LogP contribution in [0.25, 0.3) is 0 Å². The highest BCUT2D eigenvalue weighted by Gasteiger charge is 2.23. The lowest BCUT2D eigenvalue weighted by atomic mass is 10.1. The first-order valence-corrected chi connectivity index (χ1v) is 6.20. The zero-order valence-electron chi connectivity index (χ0n) is 10.1. The van der Waals surface area contributed by atoms with E-state index in [9.17, 15) is 10.1 Å². The topological polar surface area (TPSA) is 55.2 Å². The predicted molar refractivity (Wildman–Crippen MR) is 68.1 cm³/mol. The van der Waals surface area contributed by atoms with Gasteiger partial charge in [0.05, 0.1) is 4.92 Å². The summed E-state index contributed by atoms with van der Waals surface area (Å²) in [5.74, 6) is 0.811. The molecule has 0 aromatic heterocycles. The number of hydrogen-bond acceptors (Lipinski definition) is 3. The Bertz CT molecular complexity index is 406. The lowest BCUT2D eigenvalue weighted by molar-refractivity contribution is -0.384. The van der Waals surface area contributed by atoms with Crippen LogP contribution in [0.15, 0.2) is 24.3 Å². The molecule has 2 rings (SSSR count). The van der Waals surface area contributed by atoms with E-state index in [1.165, 1.54) is 31.7 Å². The van der Waals surface area contributed by atoms with Gasteiger partial charge in [-0.25, -0.2) is 0 Å². The van der Waals surface area contributed by atoms with Crippen molar-refractivity contribution in [3.8, 4) is 0 Å². The van der Waals surface area contributed by atoms with Crippen LogP contribution in [0.5, 0.6) is 0 Å². The molecule has 0 aliphatic heterocycles. The van der Waals surface area contributed by atoms with Gasteiger partial charge in [-0.3, -0.25) is 10.1 Å². The highest BCUT2D eigenvalue weighted by Crippen LogP contribution is 2.30. The second kappa shape index (κ2) is 5.17. The summed E-state index contributed by atoms with van der Waals surface area (Å²) < 4.78 is 0.